The van der Waals surface area contributed by atoms with Crippen LogP contribution < -0.4 is 21.7 Å². The number of fused-ring (bicyclic) bond motifs is 1. The van der Waals surface area contributed by atoms with Gasteiger partial charge in [0.05, 0.1) is 12.6 Å². The van der Waals surface area contributed by atoms with E-state index in [2.05, 4.69) is 34.8 Å². The maximum absolute atomic E-state index is 13.5. The minimum Gasteiger partial charge on any atom is -0.363 e. The minimum atomic E-state index is -1.10. The lowest BCUT2D eigenvalue weighted by Gasteiger charge is -2.38. The molecule has 1 unspecified atom stereocenters. The van der Waals surface area contributed by atoms with E-state index in [1.54, 1.807) is 6.20 Å². The molecule has 5 amide bonds. The fourth-order valence-corrected chi connectivity index (χ4v) is 7.02. The molecule has 4 aliphatic rings. The molecule has 11 heteroatoms. The molecular weight excluding hydrogens is 524 g/mol. The van der Waals surface area contributed by atoms with Crippen LogP contribution in [0.3, 0.4) is 0 Å². The Balaban J connectivity index is 1.21. The first-order valence-electron chi connectivity index (χ1n) is 14.6. The van der Waals surface area contributed by atoms with Crippen molar-refractivity contribution in [1.29, 1.82) is 0 Å². The Hall–Kier alpha value is -3.76. The topological polar surface area (TPSA) is 164 Å². The lowest BCUT2D eigenvalue weighted by atomic mass is 9.78. The van der Waals surface area contributed by atoms with Crippen LogP contribution in [0.5, 0.6) is 0 Å². The number of carbonyl (C=O) groups excluding carboxylic acids is 5. The molecule has 1 aromatic heterocycles. The van der Waals surface area contributed by atoms with Crippen molar-refractivity contribution in [3.05, 3.63) is 42.2 Å². The first-order chi connectivity index (χ1) is 19.5. The molecule has 5 N–H and O–H groups in total. The Morgan fingerprint density at radius 1 is 1.12 bits per heavy atom. The number of nitrogens with one attached hydrogen (secondary N) is 3. The molecule has 3 fully saturated rings. The van der Waals surface area contributed by atoms with Crippen LogP contribution >= 0.6 is 0 Å². The summed E-state index contributed by atoms with van der Waals surface area (Å²) in [6, 6.07) is 1.62. The standard InChI is InChI=1S/C30H40N6O5/c1-29(2)20-17-36(24(23(20)29)27(40)34-21(13-18-8-9-18)25(38)26(31)39)22(37)16-33-28(41)35-30(10-4-3-5-11-30)14-19-7-6-12-32-15-19/h6-9,12,15,18,20-21,23-24H,3-5,10-11,13-14,16-17H2,1-2H3,(H2,31,39)(H,34,40)(H2,33,35,41)/t20-,21?,23-,24-/m0/s1. The zero-order valence-corrected chi connectivity index (χ0v) is 23.7. The van der Waals surface area contributed by atoms with E-state index >= 15 is 0 Å². The van der Waals surface area contributed by atoms with Crippen molar-refractivity contribution in [2.75, 3.05) is 13.1 Å². The largest absolute Gasteiger partial charge is 0.363 e. The van der Waals surface area contributed by atoms with Gasteiger partial charge in [0, 0.05) is 24.5 Å². The summed E-state index contributed by atoms with van der Waals surface area (Å²) in [6.45, 7) is 4.25. The van der Waals surface area contributed by atoms with Crippen LogP contribution in [0.4, 0.5) is 4.79 Å². The van der Waals surface area contributed by atoms with Gasteiger partial charge in [-0.2, -0.15) is 0 Å². The highest BCUT2D eigenvalue weighted by atomic mass is 16.2. The summed E-state index contributed by atoms with van der Waals surface area (Å²) in [4.78, 5) is 69.6. The number of rotatable bonds is 11. The van der Waals surface area contributed by atoms with E-state index in [0.717, 1.165) is 37.7 Å². The van der Waals surface area contributed by atoms with Gasteiger partial charge in [-0.3, -0.25) is 24.2 Å². The Labute approximate surface area is 240 Å². The van der Waals surface area contributed by atoms with Gasteiger partial charge in [0.25, 0.3) is 5.91 Å². The number of nitrogens with two attached hydrogens (primary N) is 1. The molecule has 2 saturated carbocycles. The van der Waals surface area contributed by atoms with Gasteiger partial charge in [-0.05, 0) is 60.5 Å². The first-order valence-corrected chi connectivity index (χ1v) is 14.6. The number of hydrogen-bond acceptors (Lipinski definition) is 6. The molecule has 1 aromatic rings. The van der Waals surface area contributed by atoms with E-state index in [0.29, 0.717) is 13.0 Å². The molecule has 11 nitrogen and oxygen atoms in total. The maximum Gasteiger partial charge on any atom is 0.315 e. The van der Waals surface area contributed by atoms with E-state index in [1.165, 1.54) is 4.90 Å². The number of piperidine rings is 1. The van der Waals surface area contributed by atoms with Gasteiger partial charge < -0.3 is 26.6 Å². The summed E-state index contributed by atoms with van der Waals surface area (Å²) in [6.07, 6.45) is 13.1. The van der Waals surface area contributed by atoms with E-state index in [4.69, 9.17) is 5.73 Å². The zero-order chi connectivity index (χ0) is 29.4. The van der Waals surface area contributed by atoms with Crippen LogP contribution in [0.2, 0.25) is 0 Å². The summed E-state index contributed by atoms with van der Waals surface area (Å²) in [7, 11) is 0. The summed E-state index contributed by atoms with van der Waals surface area (Å²) < 4.78 is 0. The van der Waals surface area contributed by atoms with Gasteiger partial charge in [-0.15, -0.1) is 0 Å². The number of urea groups is 1. The summed E-state index contributed by atoms with van der Waals surface area (Å²) >= 11 is 0. The van der Waals surface area contributed by atoms with Crippen molar-refractivity contribution in [2.45, 2.75) is 76.4 Å². The molecule has 0 spiro atoms. The SMILES string of the molecule is CC1(C)[C@@H]2[C@@H](C(=O)NC(CC3C=C3)C(=O)C(N)=O)N(C(=O)CNC(=O)NC3(Cc4cccnc4)CCCCC3)C[C@@H]21. The van der Waals surface area contributed by atoms with Crippen LogP contribution in [0, 0.1) is 23.2 Å². The third kappa shape index (κ3) is 6.28. The van der Waals surface area contributed by atoms with Crippen LogP contribution in [0.15, 0.2) is 36.7 Å². The number of amides is 5. The predicted octanol–water partition coefficient (Wildman–Crippen LogP) is 1.22. The molecule has 5 rings (SSSR count). The Kier molecular flexibility index (Phi) is 7.89. The number of pyridine rings is 1. The number of ketones is 1. The molecule has 220 valence electrons. The minimum absolute atomic E-state index is 0.0309. The van der Waals surface area contributed by atoms with Gasteiger partial charge in [0.1, 0.15) is 6.04 Å². The van der Waals surface area contributed by atoms with Crippen molar-refractivity contribution in [1.82, 2.24) is 25.8 Å². The van der Waals surface area contributed by atoms with Crippen molar-refractivity contribution in [3.8, 4) is 0 Å². The molecule has 2 heterocycles. The number of likely N-dealkylation sites (tertiary alicyclic amines) is 1. The van der Waals surface area contributed by atoms with E-state index < -0.39 is 41.3 Å². The zero-order valence-electron chi connectivity index (χ0n) is 23.7. The molecule has 0 bridgehead atoms. The molecule has 4 atom stereocenters. The van der Waals surface area contributed by atoms with Crippen LogP contribution in [-0.4, -0.2) is 70.1 Å². The van der Waals surface area contributed by atoms with Crippen molar-refractivity contribution < 1.29 is 24.0 Å². The van der Waals surface area contributed by atoms with Crippen LogP contribution in [0.1, 0.15) is 57.9 Å². The molecule has 3 aliphatic carbocycles. The van der Waals surface area contributed by atoms with E-state index in [9.17, 15) is 24.0 Å². The second-order valence-electron chi connectivity index (χ2n) is 12.7. The first kappa shape index (κ1) is 28.8. The molecule has 41 heavy (non-hydrogen) atoms. The van der Waals surface area contributed by atoms with Crippen molar-refractivity contribution in [3.63, 3.8) is 0 Å². The average Bonchev–Trinajstić information content (AvgIpc) is 3.79. The summed E-state index contributed by atoms with van der Waals surface area (Å²) in [5.74, 6) is -2.70. The summed E-state index contributed by atoms with van der Waals surface area (Å²) in [5, 5.41) is 8.58. The molecule has 1 saturated heterocycles. The van der Waals surface area contributed by atoms with E-state index in [-0.39, 0.29) is 42.0 Å². The van der Waals surface area contributed by atoms with Gasteiger partial charge in [0.15, 0.2) is 0 Å². The monoisotopic (exact) mass is 564 g/mol. The fourth-order valence-electron chi connectivity index (χ4n) is 7.02. The number of Topliss-reactive ketones (excluding diaryl/α,β-unsaturated/α-hetero) is 1. The highest BCUT2D eigenvalue weighted by molar-refractivity contribution is 6.37. The average molecular weight is 565 g/mol. The Morgan fingerprint density at radius 3 is 2.49 bits per heavy atom. The third-order valence-electron chi connectivity index (χ3n) is 9.50. The normalized spacial score (nSPS) is 25.9. The van der Waals surface area contributed by atoms with Crippen LogP contribution in [-0.2, 0) is 25.6 Å². The number of aromatic nitrogens is 1. The van der Waals surface area contributed by atoms with Gasteiger partial charge in [-0.1, -0.05) is 51.3 Å². The quantitative estimate of drug-likeness (QED) is 0.233. The smallest absolute Gasteiger partial charge is 0.315 e. The number of nitrogens with zero attached hydrogens (tertiary/aromatic N) is 2. The number of carbonyl (C=O) groups is 5. The highest BCUT2D eigenvalue weighted by Gasteiger charge is 2.69. The van der Waals surface area contributed by atoms with Gasteiger partial charge in [0.2, 0.25) is 17.6 Å². The van der Waals surface area contributed by atoms with Gasteiger partial charge in [-0.25, -0.2) is 4.79 Å². The fraction of sp³-hybridized carbons (Fsp3) is 0.600. The lowest BCUT2D eigenvalue weighted by Crippen LogP contribution is -2.58. The predicted molar refractivity (Wildman–Crippen MR) is 150 cm³/mol. The number of primary amides is 1. The maximum atomic E-state index is 13.5. The molecule has 1 aliphatic heterocycles. The molecule has 0 radical (unpaired) electrons. The van der Waals surface area contributed by atoms with Crippen molar-refractivity contribution in [2.24, 2.45) is 28.9 Å². The summed E-state index contributed by atoms with van der Waals surface area (Å²) in [5.41, 5.74) is 5.73. The van der Waals surface area contributed by atoms with Gasteiger partial charge >= 0.3 is 6.03 Å². The highest BCUT2D eigenvalue weighted by Crippen LogP contribution is 2.64. The second kappa shape index (κ2) is 11.3. The Bertz CT molecular complexity index is 1240. The van der Waals surface area contributed by atoms with Crippen molar-refractivity contribution >= 4 is 29.5 Å². The molecular formula is C30H40N6O5. The Morgan fingerprint density at radius 2 is 1.85 bits per heavy atom. The third-order valence-corrected chi connectivity index (χ3v) is 9.50. The lowest BCUT2D eigenvalue weighted by molar-refractivity contribution is -0.142. The van der Waals surface area contributed by atoms with E-state index in [1.807, 2.05) is 30.5 Å². The van der Waals surface area contributed by atoms with Crippen LogP contribution in [0.25, 0.3) is 0 Å². The number of allylic oxidation sites excluding steroid dienone is 2. The molecule has 0 aromatic carbocycles. The number of hydrogen-bond donors (Lipinski definition) is 4. The second-order valence-corrected chi connectivity index (χ2v) is 12.7.